The number of halogens is 3. The van der Waals surface area contributed by atoms with Gasteiger partial charge >= 0.3 is 0 Å². The number of hydrogen-bond acceptors (Lipinski definition) is 2. The molecule has 2 nitrogen and oxygen atoms in total. The lowest BCUT2D eigenvalue weighted by Crippen LogP contribution is -2.18. The van der Waals surface area contributed by atoms with E-state index >= 15 is 0 Å². The van der Waals surface area contributed by atoms with Gasteiger partial charge in [0.15, 0.2) is 0 Å². The van der Waals surface area contributed by atoms with Crippen LogP contribution in [0, 0.1) is 0 Å². The van der Waals surface area contributed by atoms with E-state index in [4.69, 9.17) is 21.1 Å². The lowest BCUT2D eigenvalue weighted by molar-refractivity contribution is 0.114. The van der Waals surface area contributed by atoms with Crippen molar-refractivity contribution in [1.29, 1.82) is 0 Å². The normalized spacial score (nSPS) is 11.6. The van der Waals surface area contributed by atoms with Gasteiger partial charge in [-0.25, -0.2) is 8.78 Å². The predicted molar refractivity (Wildman–Crippen MR) is 102 cm³/mol. The fourth-order valence-corrected chi connectivity index (χ4v) is 2.72. The molecule has 0 spiro atoms. The molecule has 142 valence electrons. The Kier molecular flexibility index (Phi) is 7.70. The molecule has 0 aliphatic rings. The molecular weight excluding hydrogens is 358 g/mol. The topological polar surface area (TPSA) is 18.5 Å². The van der Waals surface area contributed by atoms with Gasteiger partial charge < -0.3 is 9.47 Å². The number of benzene rings is 2. The summed E-state index contributed by atoms with van der Waals surface area (Å²) in [5, 5.41) is 0. The van der Waals surface area contributed by atoms with E-state index in [1.54, 1.807) is 0 Å². The maximum absolute atomic E-state index is 12.2. The fourth-order valence-electron chi connectivity index (χ4n) is 2.61. The Balaban J connectivity index is 2.01. The minimum absolute atomic E-state index is 0.0194. The summed E-state index contributed by atoms with van der Waals surface area (Å²) < 4.78 is 35.3. The van der Waals surface area contributed by atoms with E-state index < -0.39 is 6.43 Å². The standard InChI is InChI=1S/C21H25ClF2O2/c1-21(2,16-4-8-18(9-5-16)25-14-3-13-22)17-6-10-19(11-7-17)26-15-12-20(23)24/h4-11,20H,3,12-15H2,1-2H3. The summed E-state index contributed by atoms with van der Waals surface area (Å²) in [6.07, 6.45) is -1.78. The average Bonchev–Trinajstić information content (AvgIpc) is 2.62. The largest absolute Gasteiger partial charge is 0.494 e. The zero-order valence-electron chi connectivity index (χ0n) is 15.2. The van der Waals surface area contributed by atoms with E-state index in [2.05, 4.69) is 26.0 Å². The Morgan fingerprint density at radius 3 is 1.73 bits per heavy atom. The first kappa shape index (κ1) is 20.5. The molecule has 0 bridgehead atoms. The van der Waals surface area contributed by atoms with Gasteiger partial charge in [0, 0.05) is 17.7 Å². The van der Waals surface area contributed by atoms with Crippen molar-refractivity contribution >= 4 is 11.6 Å². The van der Waals surface area contributed by atoms with Gasteiger partial charge in [0.25, 0.3) is 0 Å². The second kappa shape index (κ2) is 9.77. The molecule has 0 unspecified atom stereocenters. The molecule has 26 heavy (non-hydrogen) atoms. The van der Waals surface area contributed by atoms with E-state index in [1.165, 1.54) is 0 Å². The van der Waals surface area contributed by atoms with Crippen LogP contribution in [0.1, 0.15) is 37.8 Å². The highest BCUT2D eigenvalue weighted by molar-refractivity contribution is 6.17. The summed E-state index contributed by atoms with van der Waals surface area (Å²) in [5.74, 6) is 2.03. The second-order valence-electron chi connectivity index (χ2n) is 6.59. The molecule has 0 atom stereocenters. The molecule has 0 N–H and O–H groups in total. The molecule has 0 aliphatic heterocycles. The highest BCUT2D eigenvalue weighted by Gasteiger charge is 2.23. The van der Waals surface area contributed by atoms with Crippen LogP contribution < -0.4 is 9.47 Å². The van der Waals surface area contributed by atoms with Crippen molar-refractivity contribution in [1.82, 2.24) is 0 Å². The van der Waals surface area contributed by atoms with Crippen LogP contribution in [0.5, 0.6) is 11.5 Å². The lowest BCUT2D eigenvalue weighted by atomic mass is 9.78. The molecule has 2 aromatic rings. The Morgan fingerprint density at radius 1 is 0.846 bits per heavy atom. The van der Waals surface area contributed by atoms with Crippen molar-refractivity contribution in [2.75, 3.05) is 19.1 Å². The monoisotopic (exact) mass is 382 g/mol. The van der Waals surface area contributed by atoms with Crippen LogP contribution >= 0.6 is 11.6 Å². The van der Waals surface area contributed by atoms with Crippen LogP contribution in [0.3, 0.4) is 0 Å². The number of ether oxygens (including phenoxy) is 2. The second-order valence-corrected chi connectivity index (χ2v) is 6.97. The molecule has 2 rings (SSSR count). The van der Waals surface area contributed by atoms with E-state index in [-0.39, 0.29) is 18.4 Å². The van der Waals surface area contributed by atoms with Gasteiger partial charge in [-0.3, -0.25) is 0 Å². The molecule has 0 aliphatic carbocycles. The Morgan fingerprint density at radius 2 is 1.31 bits per heavy atom. The van der Waals surface area contributed by atoms with Crippen LogP contribution in [0.25, 0.3) is 0 Å². The highest BCUT2D eigenvalue weighted by atomic mass is 35.5. The van der Waals surface area contributed by atoms with Gasteiger partial charge in [-0.05, 0) is 41.8 Å². The first-order valence-corrected chi connectivity index (χ1v) is 9.27. The van der Waals surface area contributed by atoms with Gasteiger partial charge in [-0.1, -0.05) is 38.1 Å². The van der Waals surface area contributed by atoms with Gasteiger partial charge in [0.05, 0.1) is 13.2 Å². The minimum Gasteiger partial charge on any atom is -0.494 e. The summed E-state index contributed by atoms with van der Waals surface area (Å²) >= 11 is 5.65. The van der Waals surface area contributed by atoms with Crippen LogP contribution in [-0.2, 0) is 5.41 Å². The Labute approximate surface area is 159 Å². The minimum atomic E-state index is -2.34. The van der Waals surface area contributed by atoms with Crippen molar-refractivity contribution < 1.29 is 18.3 Å². The van der Waals surface area contributed by atoms with E-state index in [0.29, 0.717) is 18.2 Å². The van der Waals surface area contributed by atoms with Gasteiger partial charge in [0.2, 0.25) is 6.43 Å². The maximum atomic E-state index is 12.2. The zero-order chi connectivity index (χ0) is 19.0. The summed E-state index contributed by atoms with van der Waals surface area (Å²) in [7, 11) is 0. The predicted octanol–water partition coefficient (Wildman–Crippen LogP) is 6.05. The van der Waals surface area contributed by atoms with Crippen molar-refractivity contribution in [3.8, 4) is 11.5 Å². The van der Waals surface area contributed by atoms with Gasteiger partial charge in [-0.15, -0.1) is 11.6 Å². The Bertz CT molecular complexity index is 655. The molecule has 0 aromatic heterocycles. The fraction of sp³-hybridized carbons (Fsp3) is 0.429. The zero-order valence-corrected chi connectivity index (χ0v) is 15.9. The van der Waals surface area contributed by atoms with E-state index in [9.17, 15) is 8.78 Å². The first-order valence-electron chi connectivity index (χ1n) is 8.74. The van der Waals surface area contributed by atoms with E-state index in [1.807, 2.05) is 36.4 Å². The summed E-state index contributed by atoms with van der Waals surface area (Å²) in [6.45, 7) is 4.91. The SMILES string of the molecule is CC(C)(c1ccc(OCCCCl)cc1)c1ccc(OCCC(F)F)cc1. The van der Waals surface area contributed by atoms with Crippen LogP contribution in [0.15, 0.2) is 48.5 Å². The van der Waals surface area contributed by atoms with Crippen molar-refractivity contribution in [2.45, 2.75) is 38.5 Å². The van der Waals surface area contributed by atoms with Gasteiger partial charge in [-0.2, -0.15) is 0 Å². The number of alkyl halides is 3. The third kappa shape index (κ3) is 5.87. The van der Waals surface area contributed by atoms with Crippen LogP contribution in [0.4, 0.5) is 8.78 Å². The van der Waals surface area contributed by atoms with Crippen molar-refractivity contribution in [3.05, 3.63) is 59.7 Å². The number of hydrogen-bond donors (Lipinski definition) is 0. The molecule has 0 fully saturated rings. The molecule has 0 saturated carbocycles. The molecule has 0 amide bonds. The van der Waals surface area contributed by atoms with Crippen LogP contribution in [0.2, 0.25) is 0 Å². The molecule has 5 heteroatoms. The van der Waals surface area contributed by atoms with Crippen molar-refractivity contribution in [2.24, 2.45) is 0 Å². The molecule has 0 saturated heterocycles. The Hall–Kier alpha value is -1.81. The number of rotatable bonds is 10. The molecule has 2 aromatic carbocycles. The highest BCUT2D eigenvalue weighted by Crippen LogP contribution is 2.33. The van der Waals surface area contributed by atoms with E-state index in [0.717, 1.165) is 23.3 Å². The quantitative estimate of drug-likeness (QED) is 0.367. The molecular formula is C21H25ClF2O2. The summed E-state index contributed by atoms with van der Waals surface area (Å²) in [6, 6.07) is 15.6. The third-order valence-corrected chi connectivity index (χ3v) is 4.57. The molecule has 0 radical (unpaired) electrons. The van der Waals surface area contributed by atoms with Crippen molar-refractivity contribution in [3.63, 3.8) is 0 Å². The lowest BCUT2D eigenvalue weighted by Gasteiger charge is -2.26. The van der Waals surface area contributed by atoms with Gasteiger partial charge in [0.1, 0.15) is 11.5 Å². The smallest absolute Gasteiger partial charge is 0.241 e. The summed E-state index contributed by atoms with van der Waals surface area (Å²) in [4.78, 5) is 0. The maximum Gasteiger partial charge on any atom is 0.241 e. The molecule has 0 heterocycles. The summed E-state index contributed by atoms with van der Waals surface area (Å²) in [5.41, 5.74) is 2.08. The first-order chi connectivity index (χ1) is 12.4. The van der Waals surface area contributed by atoms with Crippen LogP contribution in [-0.4, -0.2) is 25.5 Å². The average molecular weight is 383 g/mol. The third-order valence-electron chi connectivity index (χ3n) is 4.30.